The van der Waals surface area contributed by atoms with Crippen LogP contribution in [0, 0.1) is 0 Å². The van der Waals surface area contributed by atoms with Crippen molar-refractivity contribution in [2.75, 3.05) is 0 Å². The average Bonchev–Trinajstić information content (AvgIpc) is 2.17. The molecule has 0 bridgehead atoms. The average molecular weight is 306 g/mol. The van der Waals surface area contributed by atoms with Crippen LogP contribution in [0.5, 0.6) is 0 Å². The zero-order chi connectivity index (χ0) is 7.72. The molecule has 3 heteroatoms. The molecular weight excluding hydrogens is 300 g/mol. The molecule has 1 aromatic heterocycles. The van der Waals surface area contributed by atoms with Gasteiger partial charge in [-0.25, -0.2) is 0 Å². The Bertz CT molecular complexity index is 249. The summed E-state index contributed by atoms with van der Waals surface area (Å²) in [4.78, 5) is 0. The van der Waals surface area contributed by atoms with E-state index in [-0.39, 0.29) is 18.3 Å². The van der Waals surface area contributed by atoms with Crippen LogP contribution in [0.4, 0.5) is 0 Å². The second-order valence-electron chi connectivity index (χ2n) is 1.01. The topological polar surface area (TPSA) is 13.1 Å². The van der Waals surface area contributed by atoms with Crippen molar-refractivity contribution in [1.82, 2.24) is 0 Å². The molecule has 0 aliphatic carbocycles. The van der Waals surface area contributed by atoms with Crippen LogP contribution in [0.2, 0.25) is 0 Å². The van der Waals surface area contributed by atoms with Crippen LogP contribution in [-0.4, -0.2) is 0 Å². The summed E-state index contributed by atoms with van der Waals surface area (Å²) in [6, 6.07) is -0.127. The maximum absolute atomic E-state index is 7.19. The van der Waals surface area contributed by atoms with E-state index < -0.39 is 23.3 Å². The Hall–Kier alpha value is 0.505. The van der Waals surface area contributed by atoms with E-state index in [1.54, 1.807) is 0 Å². The molecule has 0 aliphatic heterocycles. The zero-order valence-corrected chi connectivity index (χ0v) is 9.75. The molecule has 0 fully saturated rings. The summed E-state index contributed by atoms with van der Waals surface area (Å²) in [7, 11) is 5.56. The molecule has 0 saturated heterocycles. The molecule has 34 valence electrons. The van der Waals surface area contributed by atoms with E-state index in [0.717, 1.165) is 0 Å². The third kappa shape index (κ3) is 1.46. The summed E-state index contributed by atoms with van der Waals surface area (Å²) < 4.78 is 26.4. The Morgan fingerprint density at radius 1 is 2.00 bits per heavy atom. The second kappa shape index (κ2) is 2.73. The van der Waals surface area contributed by atoms with Gasteiger partial charge in [-0.2, -0.15) is 0 Å². The first-order valence-electron chi connectivity index (χ1n) is 3.28. The molecule has 7 heavy (non-hydrogen) atoms. The van der Waals surface area contributed by atoms with Crippen molar-refractivity contribution in [3.63, 3.8) is 0 Å². The van der Waals surface area contributed by atoms with Crippen molar-refractivity contribution in [3.8, 4) is 0 Å². The normalized spacial score (nSPS) is 14.1. The van der Waals surface area contributed by atoms with Gasteiger partial charge >= 0.3 is 61.7 Å². The van der Waals surface area contributed by atoms with Gasteiger partial charge in [-0.15, -0.1) is 0 Å². The molecule has 1 aromatic rings. The van der Waals surface area contributed by atoms with Crippen molar-refractivity contribution < 1.29 is 31.9 Å². The van der Waals surface area contributed by atoms with Crippen molar-refractivity contribution >= 4 is 11.5 Å². The van der Waals surface area contributed by atoms with Crippen LogP contribution >= 0.6 is 8.25 Å². The summed E-state index contributed by atoms with van der Waals surface area (Å²) in [5.41, 5.74) is 0. The minimum absolute atomic E-state index is 0.0154. The number of furan rings is 1. The molecule has 0 radical (unpaired) electrons. The predicted octanol–water partition coefficient (Wildman–Crippen LogP) is 1.14. The monoisotopic (exact) mass is 307 g/mol. The Kier molecular flexibility index (Phi) is 1.12. The predicted molar refractivity (Wildman–Crippen MR) is 24.2 cm³/mol. The van der Waals surface area contributed by atoms with Gasteiger partial charge in [0.15, 0.2) is 0 Å². The fourth-order valence-electron chi connectivity index (χ4n) is 0.269. The third-order valence-electron chi connectivity index (χ3n) is 0.549. The molecule has 0 amide bonds. The van der Waals surface area contributed by atoms with Crippen LogP contribution < -0.4 is 3.27 Å². The molecule has 0 saturated carbocycles. The number of rotatable bonds is 1. The SMILES string of the molecule is [2H]c1o[c]([Hg][Cl])c([2H])c1[2H]. The molecule has 0 aliphatic rings. The third-order valence-corrected chi connectivity index (χ3v) is 4.87. The Labute approximate surface area is 61.7 Å². The van der Waals surface area contributed by atoms with Gasteiger partial charge < -0.3 is 0 Å². The van der Waals surface area contributed by atoms with Gasteiger partial charge in [-0.05, 0) is 0 Å². The van der Waals surface area contributed by atoms with E-state index >= 15 is 0 Å². The van der Waals surface area contributed by atoms with E-state index in [1.807, 2.05) is 0 Å². The van der Waals surface area contributed by atoms with E-state index in [0.29, 0.717) is 3.27 Å². The Morgan fingerprint density at radius 2 is 2.86 bits per heavy atom. The first-order valence-corrected chi connectivity index (χ1v) is 11.3. The van der Waals surface area contributed by atoms with E-state index in [1.165, 1.54) is 0 Å². The van der Waals surface area contributed by atoms with Gasteiger partial charge in [-0.3, -0.25) is 0 Å². The molecule has 1 rings (SSSR count). The fraction of sp³-hybridized carbons (Fsp3) is 0. The second-order valence-corrected chi connectivity index (χ2v) is 6.89. The quantitative estimate of drug-likeness (QED) is 0.709. The number of hydrogen-bond donors (Lipinski definition) is 0. The Morgan fingerprint density at radius 3 is 3.14 bits per heavy atom. The summed E-state index contributed by atoms with van der Waals surface area (Å²) >= 11 is -1.72. The summed E-state index contributed by atoms with van der Waals surface area (Å²) in [5.74, 6) is 0. The first kappa shape index (κ1) is 2.88. The van der Waals surface area contributed by atoms with Crippen LogP contribution in [0.15, 0.2) is 22.7 Å². The summed E-state index contributed by atoms with van der Waals surface area (Å²) in [5, 5.41) is 0. The van der Waals surface area contributed by atoms with Gasteiger partial charge in [0, 0.05) is 0 Å². The molecule has 1 heterocycles. The van der Waals surface area contributed by atoms with E-state index in [2.05, 4.69) is 0 Å². The number of hydrogen-bond acceptors (Lipinski definition) is 1. The van der Waals surface area contributed by atoms with Gasteiger partial charge in [0.2, 0.25) is 0 Å². The van der Waals surface area contributed by atoms with E-state index in [9.17, 15) is 0 Å². The summed E-state index contributed by atoms with van der Waals surface area (Å²) in [6.45, 7) is 0. The van der Waals surface area contributed by atoms with Gasteiger partial charge in [-0.1, -0.05) is 0 Å². The van der Waals surface area contributed by atoms with Crippen molar-refractivity contribution in [3.05, 3.63) is 18.3 Å². The van der Waals surface area contributed by atoms with Crippen LogP contribution in [0.25, 0.3) is 0 Å². The molecule has 0 aromatic carbocycles. The Balaban J connectivity index is 3.17. The van der Waals surface area contributed by atoms with Crippen molar-refractivity contribution in [2.45, 2.75) is 0 Å². The molecule has 0 atom stereocenters. The van der Waals surface area contributed by atoms with Crippen LogP contribution in [-0.2, 0) is 23.3 Å². The van der Waals surface area contributed by atoms with E-state index in [4.69, 9.17) is 16.8 Å². The molecule has 0 unspecified atom stereocenters. The van der Waals surface area contributed by atoms with Crippen LogP contribution in [0.3, 0.4) is 0 Å². The first-order chi connectivity index (χ1) is 4.66. The molecular formula is C4H3ClHgO. The zero-order valence-electron chi connectivity index (χ0n) is 6.49. The van der Waals surface area contributed by atoms with Crippen molar-refractivity contribution in [1.29, 1.82) is 0 Å². The molecule has 0 spiro atoms. The maximum atomic E-state index is 7.19. The fourth-order valence-corrected chi connectivity index (χ4v) is 2.43. The number of halogens is 1. The van der Waals surface area contributed by atoms with Crippen molar-refractivity contribution in [2.24, 2.45) is 0 Å². The standard InChI is InChI=1S/C4H3O.ClH.Hg/c1-2-4-5-3-1;;/h1-3H;1H;/q;;+1/p-1/i1D,2D,3D;;. The van der Waals surface area contributed by atoms with Gasteiger partial charge in [0.05, 0.1) is 0 Å². The molecule has 0 N–H and O–H groups in total. The van der Waals surface area contributed by atoms with Crippen LogP contribution in [0.1, 0.15) is 4.11 Å². The van der Waals surface area contributed by atoms with Gasteiger partial charge in [0.25, 0.3) is 0 Å². The molecule has 1 nitrogen and oxygen atoms in total. The minimum atomic E-state index is -1.72. The summed E-state index contributed by atoms with van der Waals surface area (Å²) in [6.07, 6.45) is -0.236. The van der Waals surface area contributed by atoms with Gasteiger partial charge in [0.1, 0.15) is 0 Å².